The summed E-state index contributed by atoms with van der Waals surface area (Å²) in [5, 5.41) is 0. The zero-order chi connectivity index (χ0) is 5.21. The van der Waals surface area contributed by atoms with E-state index in [0.717, 1.165) is 0 Å². The van der Waals surface area contributed by atoms with Gasteiger partial charge >= 0.3 is 0 Å². The first kappa shape index (κ1) is 5.96. The number of methoxy groups -OCH3 is 1. The molecule has 0 aliphatic rings. The fourth-order valence-corrected chi connectivity index (χ4v) is 0. The summed E-state index contributed by atoms with van der Waals surface area (Å²) in [4.78, 5) is 0. The molecule has 0 atom stereocenters. The standard InChI is InChI=1S/C5H12O/c1-5(2,3)6-4/h1-4H3/i4+1. The second kappa shape index (κ2) is 1.61. The molecule has 0 rings (SSSR count). The summed E-state index contributed by atoms with van der Waals surface area (Å²) in [6, 6.07) is 0. The molecule has 0 spiro atoms. The predicted octanol–water partition coefficient (Wildman–Crippen LogP) is 1.43. The van der Waals surface area contributed by atoms with Gasteiger partial charge in [-0.05, 0) is 20.8 Å². The van der Waals surface area contributed by atoms with Gasteiger partial charge in [-0.25, -0.2) is 0 Å². The molecule has 0 aliphatic carbocycles. The zero-order valence-electron chi connectivity index (χ0n) is 4.91. The van der Waals surface area contributed by atoms with Crippen LogP contribution in [-0.2, 0) is 4.74 Å². The van der Waals surface area contributed by atoms with Crippen LogP contribution in [0, 0.1) is 0 Å². The van der Waals surface area contributed by atoms with E-state index in [0.29, 0.717) is 0 Å². The third-order valence-corrected chi connectivity index (χ3v) is 0.612. The van der Waals surface area contributed by atoms with Gasteiger partial charge in [-0.3, -0.25) is 0 Å². The maximum absolute atomic E-state index is 4.94. The van der Waals surface area contributed by atoms with E-state index >= 15 is 0 Å². The lowest BCUT2D eigenvalue weighted by Gasteiger charge is -2.14. The molecule has 0 fully saturated rings. The molecule has 38 valence electrons. The molecule has 0 bridgehead atoms. The molecular formula is C5H12O. The quantitative estimate of drug-likeness (QED) is 0.408. The lowest BCUT2D eigenvalue weighted by Crippen LogP contribution is -2.15. The molecule has 1 nitrogen and oxygen atoms in total. The van der Waals surface area contributed by atoms with Crippen molar-refractivity contribution >= 4 is 0 Å². The summed E-state index contributed by atoms with van der Waals surface area (Å²) in [5.41, 5.74) is 0.0417. The lowest BCUT2D eigenvalue weighted by atomic mass is 10.2. The highest BCUT2D eigenvalue weighted by Crippen LogP contribution is 2.02. The van der Waals surface area contributed by atoms with Crippen molar-refractivity contribution in [2.45, 2.75) is 26.4 Å². The molecular weight excluding hydrogens is 77.0 g/mol. The first-order valence-electron chi connectivity index (χ1n) is 2.11. The van der Waals surface area contributed by atoms with Crippen LogP contribution in [0.1, 0.15) is 20.8 Å². The topological polar surface area (TPSA) is 9.23 Å². The van der Waals surface area contributed by atoms with Crippen molar-refractivity contribution in [3.05, 3.63) is 0 Å². The Balaban J connectivity index is 3.17. The van der Waals surface area contributed by atoms with E-state index in [1.165, 1.54) is 0 Å². The Morgan fingerprint density at radius 2 is 1.33 bits per heavy atom. The van der Waals surface area contributed by atoms with Crippen LogP contribution in [0.4, 0.5) is 0 Å². The van der Waals surface area contributed by atoms with E-state index in [1.54, 1.807) is 7.11 Å². The molecule has 1 heteroatoms. The molecule has 0 amide bonds. The maximum Gasteiger partial charge on any atom is 0.0594 e. The van der Waals surface area contributed by atoms with Gasteiger partial charge in [0.15, 0.2) is 0 Å². The third-order valence-electron chi connectivity index (χ3n) is 0.612. The Hall–Kier alpha value is -0.0400. The van der Waals surface area contributed by atoms with Gasteiger partial charge in [0.25, 0.3) is 0 Å². The molecule has 0 heterocycles. The summed E-state index contributed by atoms with van der Waals surface area (Å²) >= 11 is 0. The molecule has 0 aliphatic heterocycles. The summed E-state index contributed by atoms with van der Waals surface area (Å²) in [5.74, 6) is 0. The molecule has 6 heavy (non-hydrogen) atoms. The average Bonchev–Trinajstić information content (AvgIpc) is 1.35. The van der Waals surface area contributed by atoms with E-state index in [-0.39, 0.29) is 5.60 Å². The Morgan fingerprint density at radius 3 is 1.33 bits per heavy atom. The summed E-state index contributed by atoms with van der Waals surface area (Å²) in [6.45, 7) is 6.06. The van der Waals surface area contributed by atoms with Gasteiger partial charge in [0.2, 0.25) is 0 Å². The molecule has 0 saturated heterocycles. The van der Waals surface area contributed by atoms with Crippen molar-refractivity contribution in [2.75, 3.05) is 7.11 Å². The van der Waals surface area contributed by atoms with E-state index in [4.69, 9.17) is 4.74 Å². The van der Waals surface area contributed by atoms with Gasteiger partial charge in [0.1, 0.15) is 0 Å². The highest BCUT2D eigenvalue weighted by atomic mass is 16.5. The fourth-order valence-electron chi connectivity index (χ4n) is 0. The van der Waals surface area contributed by atoms with Crippen molar-refractivity contribution < 1.29 is 4.74 Å². The van der Waals surface area contributed by atoms with Crippen LogP contribution in [-0.4, -0.2) is 12.7 Å². The third kappa shape index (κ3) is 3.96. The normalized spacial score (nSPS) is 12.0. The maximum atomic E-state index is 4.94. The number of hydrogen-bond donors (Lipinski definition) is 0. The smallest absolute Gasteiger partial charge is 0.0594 e. The van der Waals surface area contributed by atoms with Crippen molar-refractivity contribution in [3.63, 3.8) is 0 Å². The van der Waals surface area contributed by atoms with Crippen LogP contribution in [0.15, 0.2) is 0 Å². The number of hydrogen-bond acceptors (Lipinski definition) is 1. The van der Waals surface area contributed by atoms with Gasteiger partial charge in [0, 0.05) is 7.11 Å². The van der Waals surface area contributed by atoms with E-state index in [9.17, 15) is 0 Å². The van der Waals surface area contributed by atoms with Crippen molar-refractivity contribution in [3.8, 4) is 0 Å². The Kier molecular flexibility index (Phi) is 1.59. The molecule has 0 N–H and O–H groups in total. The van der Waals surface area contributed by atoms with Crippen molar-refractivity contribution in [1.29, 1.82) is 0 Å². The zero-order valence-corrected chi connectivity index (χ0v) is 4.91. The van der Waals surface area contributed by atoms with Crippen molar-refractivity contribution in [2.24, 2.45) is 0 Å². The fraction of sp³-hybridized carbons (Fsp3) is 1.00. The SMILES string of the molecule is CC(C)(C)O[13CH3]. The van der Waals surface area contributed by atoms with Gasteiger partial charge in [-0.15, -0.1) is 0 Å². The Bertz CT molecular complexity index is 33.7. The average molecular weight is 89.1 g/mol. The molecule has 0 aromatic carbocycles. The second-order valence-corrected chi connectivity index (χ2v) is 2.32. The lowest BCUT2D eigenvalue weighted by molar-refractivity contribution is 0.0397. The minimum atomic E-state index is 0.0417. The van der Waals surface area contributed by atoms with E-state index < -0.39 is 0 Å². The van der Waals surface area contributed by atoms with E-state index in [1.807, 2.05) is 20.8 Å². The highest BCUT2D eigenvalue weighted by Gasteiger charge is 2.03. The summed E-state index contributed by atoms with van der Waals surface area (Å²) in [6.07, 6.45) is 0. The predicted molar refractivity (Wildman–Crippen MR) is 26.8 cm³/mol. The molecule has 0 saturated carbocycles. The van der Waals surface area contributed by atoms with Gasteiger partial charge in [0.05, 0.1) is 5.60 Å². The first-order chi connectivity index (χ1) is 2.56. The summed E-state index contributed by atoms with van der Waals surface area (Å²) < 4.78 is 4.94. The van der Waals surface area contributed by atoms with Crippen LogP contribution in [0.25, 0.3) is 0 Å². The van der Waals surface area contributed by atoms with E-state index in [2.05, 4.69) is 0 Å². The number of ether oxygens (including phenoxy) is 1. The molecule has 0 aromatic heterocycles. The van der Waals surface area contributed by atoms with Crippen molar-refractivity contribution in [1.82, 2.24) is 0 Å². The minimum Gasteiger partial charge on any atom is -0.379 e. The van der Waals surface area contributed by atoms with Gasteiger partial charge < -0.3 is 4.74 Å². The van der Waals surface area contributed by atoms with Gasteiger partial charge in [-0.2, -0.15) is 0 Å². The number of rotatable bonds is 0. The van der Waals surface area contributed by atoms with Crippen LogP contribution >= 0.6 is 0 Å². The van der Waals surface area contributed by atoms with Crippen LogP contribution in [0.2, 0.25) is 0 Å². The van der Waals surface area contributed by atoms with Crippen LogP contribution in [0.5, 0.6) is 0 Å². The minimum absolute atomic E-state index is 0.0417. The van der Waals surface area contributed by atoms with Crippen LogP contribution in [0.3, 0.4) is 0 Å². The highest BCUT2D eigenvalue weighted by molar-refractivity contribution is 4.55. The van der Waals surface area contributed by atoms with Gasteiger partial charge in [-0.1, -0.05) is 0 Å². The first-order valence-corrected chi connectivity index (χ1v) is 2.11. The Labute approximate surface area is 39.3 Å². The summed E-state index contributed by atoms with van der Waals surface area (Å²) in [7, 11) is 1.71. The Morgan fingerprint density at radius 1 is 1.17 bits per heavy atom. The largest absolute Gasteiger partial charge is 0.379 e. The molecule has 0 aromatic rings. The second-order valence-electron chi connectivity index (χ2n) is 2.32. The molecule has 0 radical (unpaired) electrons. The van der Waals surface area contributed by atoms with Crippen LogP contribution < -0.4 is 0 Å². The molecule has 0 unspecified atom stereocenters. The monoisotopic (exact) mass is 89.1 g/mol.